The lowest BCUT2D eigenvalue weighted by Gasteiger charge is -2.40. The molecule has 5 heteroatoms. The summed E-state index contributed by atoms with van der Waals surface area (Å²) in [5, 5.41) is 17.6. The number of hydrogen-bond acceptors (Lipinski definition) is 5. The molecule has 1 heterocycles. The molecule has 0 spiro atoms. The highest BCUT2D eigenvalue weighted by Crippen LogP contribution is 2.15. The number of aliphatic hydroxyl groups is 1. The first-order chi connectivity index (χ1) is 8.10. The van der Waals surface area contributed by atoms with Crippen molar-refractivity contribution >= 4 is 0 Å². The number of rotatable bonds is 6. The molecule has 5 nitrogen and oxygen atoms in total. The van der Waals surface area contributed by atoms with Crippen LogP contribution in [0.2, 0.25) is 0 Å². The molecule has 0 aromatic heterocycles. The number of nitrogens with zero attached hydrogens (tertiary/aromatic N) is 3. The number of hydrogen-bond donors (Lipinski definition) is 1. The van der Waals surface area contributed by atoms with Crippen molar-refractivity contribution in [2.75, 3.05) is 52.5 Å². The van der Waals surface area contributed by atoms with Gasteiger partial charge in [0.15, 0.2) is 0 Å². The largest absolute Gasteiger partial charge is 0.394 e. The molecule has 0 unspecified atom stereocenters. The monoisotopic (exact) mass is 241 g/mol. The highest BCUT2D eigenvalue weighted by Gasteiger charge is 2.29. The normalized spacial score (nSPS) is 19.2. The Morgan fingerprint density at radius 2 is 1.88 bits per heavy atom. The van der Waals surface area contributed by atoms with Crippen LogP contribution in [0.4, 0.5) is 0 Å². The summed E-state index contributed by atoms with van der Waals surface area (Å²) in [6.07, 6.45) is 0. The van der Waals surface area contributed by atoms with Crippen LogP contribution in [0.25, 0.3) is 0 Å². The van der Waals surface area contributed by atoms with Gasteiger partial charge in [-0.15, -0.1) is 0 Å². The molecule has 1 fully saturated rings. The van der Waals surface area contributed by atoms with E-state index in [1.165, 1.54) is 0 Å². The molecule has 0 aromatic carbocycles. The first-order valence-electron chi connectivity index (χ1n) is 6.17. The predicted molar refractivity (Wildman–Crippen MR) is 65.6 cm³/mol. The van der Waals surface area contributed by atoms with Gasteiger partial charge >= 0.3 is 0 Å². The van der Waals surface area contributed by atoms with Crippen LogP contribution in [0.1, 0.15) is 13.8 Å². The Kier molecular flexibility index (Phi) is 5.86. The van der Waals surface area contributed by atoms with Crippen molar-refractivity contribution in [1.29, 1.82) is 5.26 Å². The maximum atomic E-state index is 9.06. The lowest BCUT2D eigenvalue weighted by Crippen LogP contribution is -2.54. The lowest BCUT2D eigenvalue weighted by atomic mass is 10.0. The summed E-state index contributed by atoms with van der Waals surface area (Å²) in [5.74, 6) is 0. The van der Waals surface area contributed by atoms with E-state index >= 15 is 0 Å². The van der Waals surface area contributed by atoms with Gasteiger partial charge in [-0.2, -0.15) is 5.26 Å². The van der Waals surface area contributed by atoms with Crippen molar-refractivity contribution in [3.05, 3.63) is 0 Å². The molecule has 0 aliphatic carbocycles. The molecule has 0 atom stereocenters. The molecule has 1 saturated heterocycles. The van der Waals surface area contributed by atoms with Crippen LogP contribution in [0, 0.1) is 11.3 Å². The Hall–Kier alpha value is -0.670. The molecule has 1 rings (SSSR count). The Labute approximate surface area is 104 Å². The van der Waals surface area contributed by atoms with Crippen LogP contribution in [-0.2, 0) is 4.74 Å². The van der Waals surface area contributed by atoms with Crippen LogP contribution >= 0.6 is 0 Å². The summed E-state index contributed by atoms with van der Waals surface area (Å²) < 4.78 is 5.24. The molecule has 1 aliphatic rings. The molecule has 1 N–H and O–H groups in total. The first-order valence-corrected chi connectivity index (χ1v) is 6.17. The molecule has 0 amide bonds. The number of nitriles is 1. The first kappa shape index (κ1) is 14.4. The van der Waals surface area contributed by atoms with Crippen molar-refractivity contribution < 1.29 is 9.84 Å². The highest BCUT2D eigenvalue weighted by atomic mass is 16.5. The van der Waals surface area contributed by atoms with E-state index in [-0.39, 0.29) is 12.1 Å². The Bertz CT molecular complexity index is 255. The van der Waals surface area contributed by atoms with Gasteiger partial charge in [0.05, 0.1) is 25.9 Å². The molecule has 0 aromatic rings. The Morgan fingerprint density at radius 3 is 2.41 bits per heavy atom. The topological polar surface area (TPSA) is 59.7 Å². The minimum Gasteiger partial charge on any atom is -0.394 e. The van der Waals surface area contributed by atoms with Gasteiger partial charge in [-0.25, -0.2) is 0 Å². The van der Waals surface area contributed by atoms with Crippen LogP contribution in [0.15, 0.2) is 0 Å². The summed E-state index contributed by atoms with van der Waals surface area (Å²) >= 11 is 0. The molecule has 1 aliphatic heterocycles. The van der Waals surface area contributed by atoms with Crippen LogP contribution in [0.3, 0.4) is 0 Å². The van der Waals surface area contributed by atoms with Gasteiger partial charge in [-0.3, -0.25) is 9.80 Å². The second kappa shape index (κ2) is 6.92. The summed E-state index contributed by atoms with van der Waals surface area (Å²) in [5.41, 5.74) is -0.362. The van der Waals surface area contributed by atoms with Crippen LogP contribution in [-0.4, -0.2) is 73.0 Å². The molecule has 0 saturated carbocycles. The molecule has 17 heavy (non-hydrogen) atoms. The zero-order valence-electron chi connectivity index (χ0n) is 10.9. The van der Waals surface area contributed by atoms with Gasteiger partial charge in [0.25, 0.3) is 0 Å². The van der Waals surface area contributed by atoms with Crippen LogP contribution in [0.5, 0.6) is 0 Å². The second-order valence-electron chi connectivity index (χ2n) is 4.84. The minimum absolute atomic E-state index is 0.0874. The predicted octanol–water partition coefficient (Wildman–Crippen LogP) is -0.0849. The number of aliphatic hydroxyl groups excluding tert-OH is 1. The molecule has 0 radical (unpaired) electrons. The smallest absolute Gasteiger partial charge is 0.103 e. The lowest BCUT2D eigenvalue weighted by molar-refractivity contribution is 0.0426. The van der Waals surface area contributed by atoms with E-state index < -0.39 is 0 Å². The fourth-order valence-electron chi connectivity index (χ4n) is 1.96. The Balaban J connectivity index is 2.20. The number of ether oxygens (including phenoxy) is 1. The van der Waals surface area contributed by atoms with E-state index in [1.807, 2.05) is 13.8 Å². The van der Waals surface area contributed by atoms with Gasteiger partial charge in [0, 0.05) is 32.7 Å². The summed E-state index contributed by atoms with van der Waals surface area (Å²) in [6.45, 7) is 9.83. The minimum atomic E-state index is -0.362. The van der Waals surface area contributed by atoms with Crippen molar-refractivity contribution in [3.63, 3.8) is 0 Å². The fourth-order valence-corrected chi connectivity index (χ4v) is 1.96. The molecular weight excluding hydrogens is 218 g/mol. The van der Waals surface area contributed by atoms with Crippen molar-refractivity contribution in [3.8, 4) is 6.07 Å². The van der Waals surface area contributed by atoms with Crippen molar-refractivity contribution in [2.24, 2.45) is 0 Å². The summed E-state index contributed by atoms with van der Waals surface area (Å²) in [7, 11) is 0. The zero-order valence-corrected chi connectivity index (χ0v) is 10.9. The van der Waals surface area contributed by atoms with Gasteiger partial charge < -0.3 is 9.84 Å². The summed E-state index contributed by atoms with van der Waals surface area (Å²) in [6, 6.07) is 2.34. The average molecular weight is 241 g/mol. The maximum Gasteiger partial charge on any atom is 0.103 e. The van der Waals surface area contributed by atoms with Gasteiger partial charge in [0.2, 0.25) is 0 Å². The van der Waals surface area contributed by atoms with E-state index in [0.717, 1.165) is 32.7 Å². The standard InChI is InChI=1S/C12H23N3O2/c1-12(2,11-13)15-5-3-14(4-6-15)7-9-17-10-8-16/h16H,3-10H2,1-2H3. The third-order valence-electron chi connectivity index (χ3n) is 3.22. The molecule has 98 valence electrons. The average Bonchev–Trinajstić information content (AvgIpc) is 2.35. The van der Waals surface area contributed by atoms with E-state index in [1.54, 1.807) is 0 Å². The molecule has 0 bridgehead atoms. The third kappa shape index (κ3) is 4.60. The van der Waals surface area contributed by atoms with E-state index in [9.17, 15) is 0 Å². The maximum absolute atomic E-state index is 9.06. The fraction of sp³-hybridized carbons (Fsp3) is 0.917. The zero-order chi connectivity index (χ0) is 12.7. The van der Waals surface area contributed by atoms with Gasteiger partial charge in [-0.05, 0) is 13.8 Å². The second-order valence-corrected chi connectivity index (χ2v) is 4.84. The molecular formula is C12H23N3O2. The summed E-state index contributed by atoms with van der Waals surface area (Å²) in [4.78, 5) is 4.55. The Morgan fingerprint density at radius 1 is 1.24 bits per heavy atom. The van der Waals surface area contributed by atoms with Crippen LogP contribution < -0.4 is 0 Å². The number of piperazine rings is 1. The third-order valence-corrected chi connectivity index (χ3v) is 3.22. The van der Waals surface area contributed by atoms with Gasteiger partial charge in [-0.1, -0.05) is 0 Å². The highest BCUT2D eigenvalue weighted by molar-refractivity contribution is 5.02. The van der Waals surface area contributed by atoms with E-state index in [0.29, 0.717) is 13.2 Å². The van der Waals surface area contributed by atoms with E-state index in [2.05, 4.69) is 15.9 Å². The quantitative estimate of drug-likeness (QED) is 0.659. The van der Waals surface area contributed by atoms with Gasteiger partial charge in [0.1, 0.15) is 5.54 Å². The van der Waals surface area contributed by atoms with E-state index in [4.69, 9.17) is 15.1 Å². The van der Waals surface area contributed by atoms with Crippen molar-refractivity contribution in [1.82, 2.24) is 9.80 Å². The SMILES string of the molecule is CC(C)(C#N)N1CCN(CCOCCO)CC1. The van der Waals surface area contributed by atoms with Crippen molar-refractivity contribution in [2.45, 2.75) is 19.4 Å².